The third-order valence-electron chi connectivity index (χ3n) is 4.01. The fraction of sp³-hybridized carbons (Fsp3) is 0.353. The van der Waals surface area contributed by atoms with Crippen LogP contribution in [-0.2, 0) is 4.79 Å². The molecule has 1 aliphatic heterocycles. The van der Waals surface area contributed by atoms with Gasteiger partial charge in [-0.15, -0.1) is 0 Å². The molecule has 1 saturated heterocycles. The van der Waals surface area contributed by atoms with Gasteiger partial charge in [-0.3, -0.25) is 9.69 Å². The van der Waals surface area contributed by atoms with E-state index in [1.165, 1.54) is 16.7 Å². The third-order valence-corrected chi connectivity index (χ3v) is 4.01. The molecule has 3 rings (SSSR count). The average Bonchev–Trinajstić information content (AvgIpc) is 3.18. The summed E-state index contributed by atoms with van der Waals surface area (Å²) in [6.45, 7) is 5.33. The summed E-state index contributed by atoms with van der Waals surface area (Å²) in [6, 6.07) is 9.35. The highest BCUT2D eigenvalue weighted by Gasteiger charge is 2.30. The van der Waals surface area contributed by atoms with Gasteiger partial charge in [-0.2, -0.15) is 0 Å². The van der Waals surface area contributed by atoms with Crippen LogP contribution in [0.2, 0.25) is 0 Å². The summed E-state index contributed by atoms with van der Waals surface area (Å²) in [7, 11) is 0. The van der Waals surface area contributed by atoms with Crippen molar-refractivity contribution in [3.63, 3.8) is 0 Å². The first-order valence-electron chi connectivity index (χ1n) is 7.91. The number of aromatic nitrogens is 1. The van der Waals surface area contributed by atoms with Gasteiger partial charge in [-0.25, -0.2) is 4.79 Å². The fourth-order valence-corrected chi connectivity index (χ4v) is 2.64. The number of carbonyl (C=O) groups is 2. The number of carbonyl (C=O) groups excluding carboxylic acids is 2. The van der Waals surface area contributed by atoms with Crippen molar-refractivity contribution < 1.29 is 14.1 Å². The molecule has 126 valence electrons. The largest absolute Gasteiger partial charge is 0.363 e. The lowest BCUT2D eigenvalue weighted by Crippen LogP contribution is -2.37. The van der Waals surface area contributed by atoms with E-state index in [9.17, 15) is 9.59 Å². The number of urea groups is 1. The number of benzene rings is 1. The molecule has 0 atom stereocenters. The predicted octanol–water partition coefficient (Wildman–Crippen LogP) is 2.68. The number of anilines is 2. The lowest BCUT2D eigenvalue weighted by Gasteiger charge is -2.18. The van der Waals surface area contributed by atoms with Crippen LogP contribution in [-0.4, -0.2) is 41.6 Å². The van der Waals surface area contributed by atoms with E-state index in [-0.39, 0.29) is 18.5 Å². The molecule has 3 amide bonds. The van der Waals surface area contributed by atoms with Crippen LogP contribution in [0.1, 0.15) is 25.3 Å². The van der Waals surface area contributed by atoms with Gasteiger partial charge in [0.15, 0.2) is 5.82 Å². The van der Waals surface area contributed by atoms with Crippen LogP contribution in [0.4, 0.5) is 16.3 Å². The van der Waals surface area contributed by atoms with Crippen LogP contribution in [0.3, 0.4) is 0 Å². The van der Waals surface area contributed by atoms with Gasteiger partial charge in [-0.1, -0.05) is 31.1 Å². The van der Waals surface area contributed by atoms with Crippen molar-refractivity contribution in [3.8, 4) is 0 Å². The molecular weight excluding hydrogens is 308 g/mol. The summed E-state index contributed by atoms with van der Waals surface area (Å²) in [5, 5.41) is 6.20. The first-order chi connectivity index (χ1) is 11.5. The van der Waals surface area contributed by atoms with Gasteiger partial charge in [0.25, 0.3) is 0 Å². The second-order valence-corrected chi connectivity index (χ2v) is 6.03. The number of hydrogen-bond acceptors (Lipinski definition) is 4. The SMILES string of the molecule is CC(C)c1ccc(N2CCN(CC(=O)Nc3ccon3)C2=O)cc1. The smallest absolute Gasteiger partial charge is 0.325 e. The van der Waals surface area contributed by atoms with Crippen molar-refractivity contribution in [3.05, 3.63) is 42.2 Å². The number of rotatable bonds is 5. The zero-order chi connectivity index (χ0) is 17.1. The Morgan fingerprint density at radius 3 is 2.62 bits per heavy atom. The average molecular weight is 328 g/mol. The Morgan fingerprint density at radius 1 is 1.25 bits per heavy atom. The Kier molecular flexibility index (Phi) is 4.50. The van der Waals surface area contributed by atoms with E-state index >= 15 is 0 Å². The molecule has 0 radical (unpaired) electrons. The van der Waals surface area contributed by atoms with Crippen LogP contribution in [0.5, 0.6) is 0 Å². The summed E-state index contributed by atoms with van der Waals surface area (Å²) >= 11 is 0. The first-order valence-corrected chi connectivity index (χ1v) is 7.91. The zero-order valence-electron chi connectivity index (χ0n) is 13.7. The Hall–Kier alpha value is -2.83. The molecule has 0 saturated carbocycles. The maximum Gasteiger partial charge on any atom is 0.325 e. The van der Waals surface area contributed by atoms with Gasteiger partial charge in [0, 0.05) is 24.8 Å². The number of nitrogens with zero attached hydrogens (tertiary/aromatic N) is 3. The van der Waals surface area contributed by atoms with Crippen molar-refractivity contribution in [1.82, 2.24) is 10.1 Å². The molecular formula is C17H20N4O3. The van der Waals surface area contributed by atoms with Crippen molar-refractivity contribution in [1.29, 1.82) is 0 Å². The molecule has 2 heterocycles. The molecule has 1 aromatic carbocycles. The minimum Gasteiger partial charge on any atom is -0.363 e. The van der Waals surface area contributed by atoms with Gasteiger partial charge >= 0.3 is 6.03 Å². The molecule has 7 heteroatoms. The molecule has 24 heavy (non-hydrogen) atoms. The molecule has 0 spiro atoms. The van der Waals surface area contributed by atoms with Crippen molar-refractivity contribution in [2.45, 2.75) is 19.8 Å². The van der Waals surface area contributed by atoms with Gasteiger partial charge < -0.3 is 14.7 Å². The van der Waals surface area contributed by atoms with E-state index in [0.29, 0.717) is 24.8 Å². The maximum absolute atomic E-state index is 12.5. The monoisotopic (exact) mass is 328 g/mol. The Morgan fingerprint density at radius 2 is 2.00 bits per heavy atom. The molecule has 1 fully saturated rings. The Bertz CT molecular complexity index is 710. The lowest BCUT2D eigenvalue weighted by atomic mass is 10.0. The molecule has 2 aromatic rings. The summed E-state index contributed by atoms with van der Waals surface area (Å²) in [6.07, 6.45) is 1.37. The minimum absolute atomic E-state index is 0.00767. The molecule has 0 bridgehead atoms. The molecule has 7 nitrogen and oxygen atoms in total. The van der Waals surface area contributed by atoms with Crippen LogP contribution in [0.25, 0.3) is 0 Å². The first kappa shape index (κ1) is 16.0. The van der Waals surface area contributed by atoms with E-state index in [0.717, 1.165) is 5.69 Å². The van der Waals surface area contributed by atoms with E-state index in [1.54, 1.807) is 11.0 Å². The third kappa shape index (κ3) is 3.40. The minimum atomic E-state index is -0.297. The normalized spacial score (nSPS) is 14.5. The molecule has 1 aliphatic rings. The summed E-state index contributed by atoms with van der Waals surface area (Å²) in [4.78, 5) is 27.7. The van der Waals surface area contributed by atoms with E-state index < -0.39 is 0 Å². The molecule has 0 aliphatic carbocycles. The van der Waals surface area contributed by atoms with Gasteiger partial charge in [0.1, 0.15) is 12.8 Å². The van der Waals surface area contributed by atoms with Crippen LogP contribution < -0.4 is 10.2 Å². The van der Waals surface area contributed by atoms with E-state index in [1.807, 2.05) is 24.3 Å². The van der Waals surface area contributed by atoms with Gasteiger partial charge in [0.2, 0.25) is 5.91 Å². The second-order valence-electron chi connectivity index (χ2n) is 6.03. The number of hydrogen-bond donors (Lipinski definition) is 1. The highest BCUT2D eigenvalue weighted by molar-refractivity contribution is 5.99. The van der Waals surface area contributed by atoms with Crippen molar-refractivity contribution in [2.75, 3.05) is 29.9 Å². The topological polar surface area (TPSA) is 78.7 Å². The standard InChI is InChI=1S/C17H20N4O3/c1-12(2)13-3-5-14(6-4-13)21-9-8-20(17(21)23)11-16(22)18-15-7-10-24-19-15/h3-7,10,12H,8-9,11H2,1-2H3,(H,18,19,22). The zero-order valence-corrected chi connectivity index (χ0v) is 13.7. The predicted molar refractivity (Wildman–Crippen MR) is 90.0 cm³/mol. The molecule has 1 aromatic heterocycles. The Labute approximate surface area is 140 Å². The van der Waals surface area contributed by atoms with Crippen LogP contribution >= 0.6 is 0 Å². The highest BCUT2D eigenvalue weighted by Crippen LogP contribution is 2.23. The maximum atomic E-state index is 12.5. The van der Waals surface area contributed by atoms with Crippen LogP contribution in [0, 0.1) is 0 Å². The second kappa shape index (κ2) is 6.74. The molecule has 0 unspecified atom stereocenters. The highest BCUT2D eigenvalue weighted by atomic mass is 16.5. The van der Waals surface area contributed by atoms with Crippen molar-refractivity contribution in [2.24, 2.45) is 0 Å². The Balaban J connectivity index is 1.61. The van der Waals surface area contributed by atoms with E-state index in [4.69, 9.17) is 0 Å². The van der Waals surface area contributed by atoms with Gasteiger partial charge in [0.05, 0.1) is 0 Å². The van der Waals surface area contributed by atoms with Crippen molar-refractivity contribution >= 4 is 23.4 Å². The molecule has 1 N–H and O–H groups in total. The number of amides is 3. The van der Waals surface area contributed by atoms with E-state index in [2.05, 4.69) is 28.8 Å². The summed E-state index contributed by atoms with van der Waals surface area (Å²) in [5.41, 5.74) is 2.08. The number of nitrogens with one attached hydrogen (secondary N) is 1. The lowest BCUT2D eigenvalue weighted by molar-refractivity contribution is -0.116. The van der Waals surface area contributed by atoms with Crippen LogP contribution in [0.15, 0.2) is 41.1 Å². The van der Waals surface area contributed by atoms with Gasteiger partial charge in [-0.05, 0) is 23.6 Å². The quantitative estimate of drug-likeness (QED) is 0.915. The summed E-state index contributed by atoms with van der Waals surface area (Å²) < 4.78 is 4.65. The summed E-state index contributed by atoms with van der Waals surface area (Å²) in [5.74, 6) is 0.493. The fourth-order valence-electron chi connectivity index (χ4n) is 2.64.